The predicted molar refractivity (Wildman–Crippen MR) is 90.3 cm³/mol. The molecular weight excluding hydrogens is 306 g/mol. The van der Waals surface area contributed by atoms with Crippen molar-refractivity contribution in [2.75, 3.05) is 31.1 Å². The van der Waals surface area contributed by atoms with Gasteiger partial charge < -0.3 is 15.1 Å². The number of hydrogen-bond donors (Lipinski definition) is 1. The molecule has 0 saturated carbocycles. The Hall–Kier alpha value is -2.37. The number of nitrogens with zero attached hydrogens (tertiary/aromatic N) is 2. The minimum absolute atomic E-state index is 0.131. The number of nitrogens with one attached hydrogen (secondary N) is 1. The topological polar surface area (TPSA) is 69.7 Å². The molecule has 3 amide bonds. The lowest BCUT2D eigenvalue weighted by Gasteiger charge is -2.17. The zero-order valence-electron chi connectivity index (χ0n) is 13.7. The van der Waals surface area contributed by atoms with Crippen molar-refractivity contribution in [2.45, 2.75) is 25.7 Å². The maximum absolute atomic E-state index is 12.4. The van der Waals surface area contributed by atoms with E-state index >= 15 is 0 Å². The molecule has 128 valence electrons. The number of para-hydroxylation sites is 1. The number of amides is 3. The molecule has 0 bridgehead atoms. The predicted octanol–water partition coefficient (Wildman–Crippen LogP) is 1.17. The third-order valence-corrected chi connectivity index (χ3v) is 4.67. The van der Waals surface area contributed by atoms with Crippen LogP contribution in [-0.4, -0.2) is 48.8 Å². The van der Waals surface area contributed by atoms with E-state index in [0.717, 1.165) is 25.1 Å². The van der Waals surface area contributed by atoms with Gasteiger partial charge in [0.1, 0.15) is 5.92 Å². The lowest BCUT2D eigenvalue weighted by atomic mass is 10.1. The van der Waals surface area contributed by atoms with E-state index in [0.29, 0.717) is 32.5 Å². The SMILES string of the molecule is O=C(NCCCN1CCCC1=O)[C@H]1CCN(c2ccccc2)C1=O. The van der Waals surface area contributed by atoms with Gasteiger partial charge in [0.2, 0.25) is 17.7 Å². The molecule has 0 radical (unpaired) electrons. The first kappa shape index (κ1) is 16.5. The summed E-state index contributed by atoms with van der Waals surface area (Å²) in [5, 5.41) is 2.84. The largest absolute Gasteiger partial charge is 0.355 e. The van der Waals surface area contributed by atoms with E-state index in [9.17, 15) is 14.4 Å². The van der Waals surface area contributed by atoms with E-state index in [2.05, 4.69) is 5.32 Å². The molecule has 2 saturated heterocycles. The van der Waals surface area contributed by atoms with Crippen LogP contribution in [0, 0.1) is 5.92 Å². The van der Waals surface area contributed by atoms with E-state index in [1.165, 1.54) is 0 Å². The monoisotopic (exact) mass is 329 g/mol. The molecule has 1 aromatic rings. The number of hydrogen-bond acceptors (Lipinski definition) is 3. The average Bonchev–Trinajstić information content (AvgIpc) is 3.18. The second-order valence-electron chi connectivity index (χ2n) is 6.30. The van der Waals surface area contributed by atoms with Crippen LogP contribution in [0.15, 0.2) is 30.3 Å². The Bertz CT molecular complexity index is 617. The van der Waals surface area contributed by atoms with E-state index in [1.807, 2.05) is 35.2 Å². The van der Waals surface area contributed by atoms with Gasteiger partial charge in [-0.3, -0.25) is 14.4 Å². The Balaban J connectivity index is 1.44. The number of likely N-dealkylation sites (tertiary alicyclic amines) is 1. The molecule has 0 spiro atoms. The summed E-state index contributed by atoms with van der Waals surface area (Å²) < 4.78 is 0. The maximum Gasteiger partial charge on any atom is 0.239 e. The molecule has 1 atom stereocenters. The summed E-state index contributed by atoms with van der Waals surface area (Å²) in [4.78, 5) is 39.7. The summed E-state index contributed by atoms with van der Waals surface area (Å²) in [5.74, 6) is -0.732. The summed E-state index contributed by atoms with van der Waals surface area (Å²) in [7, 11) is 0. The van der Waals surface area contributed by atoms with Gasteiger partial charge in [0.15, 0.2) is 0 Å². The number of benzene rings is 1. The maximum atomic E-state index is 12.4. The molecule has 1 N–H and O–H groups in total. The highest BCUT2D eigenvalue weighted by molar-refractivity contribution is 6.09. The van der Waals surface area contributed by atoms with Gasteiger partial charge in [-0.1, -0.05) is 18.2 Å². The average molecular weight is 329 g/mol. The summed E-state index contributed by atoms with van der Waals surface area (Å²) in [6.45, 7) is 2.56. The van der Waals surface area contributed by atoms with Crippen LogP contribution in [0.5, 0.6) is 0 Å². The first-order valence-corrected chi connectivity index (χ1v) is 8.59. The fourth-order valence-corrected chi connectivity index (χ4v) is 3.33. The Kier molecular flexibility index (Phi) is 5.13. The van der Waals surface area contributed by atoms with Crippen LogP contribution in [0.1, 0.15) is 25.7 Å². The minimum Gasteiger partial charge on any atom is -0.355 e. The number of carbonyl (C=O) groups excluding carboxylic acids is 3. The molecule has 2 heterocycles. The minimum atomic E-state index is -0.598. The second kappa shape index (κ2) is 7.47. The van der Waals surface area contributed by atoms with Gasteiger partial charge in [-0.25, -0.2) is 0 Å². The van der Waals surface area contributed by atoms with Crippen molar-refractivity contribution in [3.63, 3.8) is 0 Å². The van der Waals surface area contributed by atoms with Gasteiger partial charge in [0.05, 0.1) is 0 Å². The first-order chi connectivity index (χ1) is 11.7. The van der Waals surface area contributed by atoms with Crippen LogP contribution >= 0.6 is 0 Å². The Labute approximate surface area is 141 Å². The van der Waals surface area contributed by atoms with Crippen LogP contribution in [0.2, 0.25) is 0 Å². The lowest BCUT2D eigenvalue weighted by Crippen LogP contribution is -2.38. The molecule has 1 aromatic carbocycles. The normalized spacial score (nSPS) is 20.8. The third-order valence-electron chi connectivity index (χ3n) is 4.67. The quantitative estimate of drug-likeness (QED) is 0.629. The van der Waals surface area contributed by atoms with E-state index < -0.39 is 5.92 Å². The van der Waals surface area contributed by atoms with Crippen LogP contribution < -0.4 is 10.2 Å². The van der Waals surface area contributed by atoms with Crippen molar-refractivity contribution in [2.24, 2.45) is 5.92 Å². The van der Waals surface area contributed by atoms with Crippen molar-refractivity contribution in [1.82, 2.24) is 10.2 Å². The molecule has 6 nitrogen and oxygen atoms in total. The van der Waals surface area contributed by atoms with E-state index in [-0.39, 0.29) is 17.7 Å². The van der Waals surface area contributed by atoms with Crippen molar-refractivity contribution in [3.05, 3.63) is 30.3 Å². The van der Waals surface area contributed by atoms with Crippen LogP contribution in [-0.2, 0) is 14.4 Å². The van der Waals surface area contributed by atoms with Crippen molar-refractivity contribution in [3.8, 4) is 0 Å². The highest BCUT2D eigenvalue weighted by Gasteiger charge is 2.37. The van der Waals surface area contributed by atoms with Crippen LogP contribution in [0.4, 0.5) is 5.69 Å². The highest BCUT2D eigenvalue weighted by Crippen LogP contribution is 2.25. The zero-order valence-corrected chi connectivity index (χ0v) is 13.7. The lowest BCUT2D eigenvalue weighted by molar-refractivity contribution is -0.132. The molecule has 0 aromatic heterocycles. The van der Waals surface area contributed by atoms with Crippen molar-refractivity contribution < 1.29 is 14.4 Å². The van der Waals surface area contributed by atoms with Crippen molar-refractivity contribution >= 4 is 23.4 Å². The zero-order chi connectivity index (χ0) is 16.9. The molecule has 0 unspecified atom stereocenters. The Morgan fingerprint density at radius 2 is 1.96 bits per heavy atom. The molecule has 6 heteroatoms. The second-order valence-corrected chi connectivity index (χ2v) is 6.30. The van der Waals surface area contributed by atoms with E-state index in [4.69, 9.17) is 0 Å². The van der Waals surface area contributed by atoms with Crippen LogP contribution in [0.25, 0.3) is 0 Å². The van der Waals surface area contributed by atoms with Gasteiger partial charge in [-0.2, -0.15) is 0 Å². The fraction of sp³-hybridized carbons (Fsp3) is 0.500. The molecule has 0 aliphatic carbocycles. The number of rotatable bonds is 6. The van der Waals surface area contributed by atoms with Crippen LogP contribution in [0.3, 0.4) is 0 Å². The summed E-state index contributed by atoms with van der Waals surface area (Å²) in [6, 6.07) is 9.43. The standard InChI is InChI=1S/C18H23N3O3/c22-16-8-4-11-20(16)12-5-10-19-17(23)15-9-13-21(18(15)24)14-6-2-1-3-7-14/h1-3,6-7,15H,4-5,8-13H2,(H,19,23)/t15-/m1/s1. The molecule has 24 heavy (non-hydrogen) atoms. The van der Waals surface area contributed by atoms with Crippen molar-refractivity contribution in [1.29, 1.82) is 0 Å². The van der Waals surface area contributed by atoms with Gasteiger partial charge in [0.25, 0.3) is 0 Å². The van der Waals surface area contributed by atoms with Gasteiger partial charge in [-0.05, 0) is 31.4 Å². The Morgan fingerprint density at radius 1 is 1.17 bits per heavy atom. The molecular formula is C18H23N3O3. The van der Waals surface area contributed by atoms with Gasteiger partial charge in [-0.15, -0.1) is 0 Å². The molecule has 2 aliphatic heterocycles. The first-order valence-electron chi connectivity index (χ1n) is 8.59. The highest BCUT2D eigenvalue weighted by atomic mass is 16.2. The molecule has 2 aliphatic rings. The van der Waals surface area contributed by atoms with E-state index in [1.54, 1.807) is 4.90 Å². The molecule has 2 fully saturated rings. The summed E-state index contributed by atoms with van der Waals surface area (Å²) in [5.41, 5.74) is 0.838. The summed E-state index contributed by atoms with van der Waals surface area (Å²) in [6.07, 6.45) is 2.83. The number of anilines is 1. The smallest absolute Gasteiger partial charge is 0.239 e. The fourth-order valence-electron chi connectivity index (χ4n) is 3.33. The van der Waals surface area contributed by atoms with Gasteiger partial charge >= 0.3 is 0 Å². The summed E-state index contributed by atoms with van der Waals surface area (Å²) >= 11 is 0. The van der Waals surface area contributed by atoms with Gasteiger partial charge in [0, 0.05) is 38.3 Å². The third kappa shape index (κ3) is 3.58. The Morgan fingerprint density at radius 3 is 2.67 bits per heavy atom. The number of carbonyl (C=O) groups is 3. The molecule has 3 rings (SSSR count).